The second-order valence-electron chi connectivity index (χ2n) is 6.12. The summed E-state index contributed by atoms with van der Waals surface area (Å²) in [5.41, 5.74) is 1.68. The SMILES string of the molecule is O=C(O)c1ccc(CCC2CC(c3ccc(Br)c(F)c3)=NO2)c(C(=O)O)c1. The summed E-state index contributed by atoms with van der Waals surface area (Å²) >= 11 is 3.10. The zero-order valence-corrected chi connectivity index (χ0v) is 15.6. The van der Waals surface area contributed by atoms with Gasteiger partial charge in [-0.2, -0.15) is 0 Å². The molecule has 2 aromatic carbocycles. The van der Waals surface area contributed by atoms with Crippen LogP contribution < -0.4 is 0 Å². The van der Waals surface area contributed by atoms with Crippen LogP contribution in [0.5, 0.6) is 0 Å². The molecule has 3 rings (SSSR count). The van der Waals surface area contributed by atoms with Gasteiger partial charge in [0.05, 0.1) is 21.3 Å². The molecule has 0 saturated carbocycles. The van der Waals surface area contributed by atoms with Gasteiger partial charge < -0.3 is 15.1 Å². The Kier molecular flexibility index (Phi) is 5.55. The van der Waals surface area contributed by atoms with E-state index in [1.165, 1.54) is 18.2 Å². The minimum absolute atomic E-state index is 0.0379. The van der Waals surface area contributed by atoms with E-state index in [2.05, 4.69) is 21.1 Å². The second-order valence-corrected chi connectivity index (χ2v) is 6.97. The maximum absolute atomic E-state index is 13.7. The van der Waals surface area contributed by atoms with Crippen molar-refractivity contribution in [1.82, 2.24) is 0 Å². The number of carboxylic acids is 2. The van der Waals surface area contributed by atoms with E-state index < -0.39 is 11.9 Å². The summed E-state index contributed by atoms with van der Waals surface area (Å²) in [5, 5.41) is 22.3. The topological polar surface area (TPSA) is 96.2 Å². The molecule has 0 aromatic heterocycles. The third kappa shape index (κ3) is 4.33. The molecule has 0 aliphatic carbocycles. The molecule has 1 heterocycles. The van der Waals surface area contributed by atoms with Gasteiger partial charge in [-0.1, -0.05) is 17.3 Å². The minimum Gasteiger partial charge on any atom is -0.478 e. The summed E-state index contributed by atoms with van der Waals surface area (Å²) in [6.07, 6.45) is 1.12. The molecule has 6 nitrogen and oxygen atoms in total. The number of oxime groups is 1. The first-order valence-electron chi connectivity index (χ1n) is 8.12. The predicted octanol–water partition coefficient (Wildman–Crippen LogP) is 4.11. The molecule has 140 valence electrons. The summed E-state index contributed by atoms with van der Waals surface area (Å²) < 4.78 is 14.0. The normalized spacial score (nSPS) is 15.9. The Bertz CT molecular complexity index is 944. The fourth-order valence-corrected chi connectivity index (χ4v) is 3.12. The summed E-state index contributed by atoms with van der Waals surface area (Å²) in [6, 6.07) is 8.76. The van der Waals surface area contributed by atoms with Crippen LogP contribution in [-0.2, 0) is 11.3 Å². The zero-order valence-electron chi connectivity index (χ0n) is 14.0. The lowest BCUT2D eigenvalue weighted by Gasteiger charge is -2.10. The Labute approximate surface area is 162 Å². The van der Waals surface area contributed by atoms with Crippen LogP contribution >= 0.6 is 15.9 Å². The largest absolute Gasteiger partial charge is 0.478 e. The molecule has 2 N–H and O–H groups in total. The highest BCUT2D eigenvalue weighted by Crippen LogP contribution is 2.24. The maximum Gasteiger partial charge on any atom is 0.335 e. The molecule has 0 fully saturated rings. The predicted molar refractivity (Wildman–Crippen MR) is 98.8 cm³/mol. The number of rotatable bonds is 6. The van der Waals surface area contributed by atoms with Crippen molar-refractivity contribution in [2.75, 3.05) is 0 Å². The Hall–Kier alpha value is -2.74. The Morgan fingerprint density at radius 3 is 2.63 bits per heavy atom. The average Bonchev–Trinajstić information content (AvgIpc) is 3.11. The van der Waals surface area contributed by atoms with Crippen molar-refractivity contribution >= 4 is 33.6 Å². The quantitative estimate of drug-likeness (QED) is 0.711. The van der Waals surface area contributed by atoms with Gasteiger partial charge in [0.25, 0.3) is 0 Å². The van der Waals surface area contributed by atoms with Crippen LogP contribution in [0.4, 0.5) is 4.39 Å². The zero-order chi connectivity index (χ0) is 19.6. The molecule has 0 radical (unpaired) electrons. The van der Waals surface area contributed by atoms with Gasteiger partial charge in [-0.25, -0.2) is 14.0 Å². The highest BCUT2D eigenvalue weighted by molar-refractivity contribution is 9.10. The average molecular weight is 436 g/mol. The monoisotopic (exact) mass is 435 g/mol. The smallest absolute Gasteiger partial charge is 0.335 e. The van der Waals surface area contributed by atoms with Gasteiger partial charge in [0.15, 0.2) is 0 Å². The second kappa shape index (κ2) is 7.87. The van der Waals surface area contributed by atoms with Crippen molar-refractivity contribution in [3.05, 3.63) is 68.9 Å². The number of hydrogen-bond donors (Lipinski definition) is 2. The third-order valence-electron chi connectivity index (χ3n) is 4.31. The van der Waals surface area contributed by atoms with Crippen molar-refractivity contribution in [3.63, 3.8) is 0 Å². The molecular weight excluding hydrogens is 421 g/mol. The van der Waals surface area contributed by atoms with Gasteiger partial charge in [0.1, 0.15) is 11.9 Å². The van der Waals surface area contributed by atoms with Gasteiger partial charge in [-0.3, -0.25) is 0 Å². The van der Waals surface area contributed by atoms with E-state index in [0.717, 1.165) is 6.07 Å². The summed E-state index contributed by atoms with van der Waals surface area (Å²) in [5.74, 6) is -2.74. The van der Waals surface area contributed by atoms with E-state index in [1.54, 1.807) is 12.1 Å². The van der Waals surface area contributed by atoms with Crippen molar-refractivity contribution in [3.8, 4) is 0 Å². The van der Waals surface area contributed by atoms with Crippen molar-refractivity contribution in [2.45, 2.75) is 25.4 Å². The van der Waals surface area contributed by atoms with E-state index in [0.29, 0.717) is 40.6 Å². The van der Waals surface area contributed by atoms with Crippen LogP contribution in [0.1, 0.15) is 44.7 Å². The van der Waals surface area contributed by atoms with Gasteiger partial charge in [0.2, 0.25) is 0 Å². The van der Waals surface area contributed by atoms with Crippen LogP contribution in [0, 0.1) is 5.82 Å². The molecule has 1 aliphatic rings. The molecule has 2 aromatic rings. The molecule has 8 heteroatoms. The lowest BCUT2D eigenvalue weighted by Crippen LogP contribution is -2.12. The van der Waals surface area contributed by atoms with Crippen molar-refractivity contribution in [1.29, 1.82) is 0 Å². The number of halogens is 2. The summed E-state index contributed by atoms with van der Waals surface area (Å²) in [7, 11) is 0. The fourth-order valence-electron chi connectivity index (χ4n) is 2.87. The number of hydrogen-bond acceptors (Lipinski definition) is 4. The van der Waals surface area contributed by atoms with E-state index in [1.807, 2.05) is 0 Å². The number of carbonyl (C=O) groups is 2. The van der Waals surface area contributed by atoms with Gasteiger partial charge >= 0.3 is 11.9 Å². The first-order valence-corrected chi connectivity index (χ1v) is 8.92. The lowest BCUT2D eigenvalue weighted by molar-refractivity contribution is 0.0691. The van der Waals surface area contributed by atoms with Crippen molar-refractivity contribution < 1.29 is 29.0 Å². The van der Waals surface area contributed by atoms with Crippen LogP contribution in [0.15, 0.2) is 46.0 Å². The Morgan fingerprint density at radius 2 is 1.96 bits per heavy atom. The first kappa shape index (κ1) is 19.0. The fraction of sp³-hybridized carbons (Fsp3) is 0.211. The first-order chi connectivity index (χ1) is 12.8. The van der Waals surface area contributed by atoms with Crippen molar-refractivity contribution in [2.24, 2.45) is 5.16 Å². The summed E-state index contributed by atoms with van der Waals surface area (Å²) in [4.78, 5) is 27.8. The molecule has 1 unspecified atom stereocenters. The van der Waals surface area contributed by atoms with E-state index >= 15 is 0 Å². The van der Waals surface area contributed by atoms with Gasteiger partial charge in [-0.05, 0) is 58.6 Å². The number of carboxylic acid groups (broad SMARTS) is 2. The minimum atomic E-state index is -1.18. The van der Waals surface area contributed by atoms with E-state index in [4.69, 9.17) is 9.94 Å². The maximum atomic E-state index is 13.7. The molecule has 1 atom stereocenters. The highest BCUT2D eigenvalue weighted by atomic mass is 79.9. The number of aryl methyl sites for hydroxylation is 1. The molecule has 1 aliphatic heterocycles. The van der Waals surface area contributed by atoms with E-state index in [9.17, 15) is 19.1 Å². The summed E-state index contributed by atoms with van der Waals surface area (Å²) in [6.45, 7) is 0. The molecule has 27 heavy (non-hydrogen) atoms. The van der Waals surface area contributed by atoms with Crippen LogP contribution in [-0.4, -0.2) is 34.0 Å². The number of benzene rings is 2. The Balaban J connectivity index is 1.66. The third-order valence-corrected chi connectivity index (χ3v) is 4.95. The molecule has 0 spiro atoms. The van der Waals surface area contributed by atoms with Gasteiger partial charge in [0, 0.05) is 12.0 Å². The number of nitrogens with zero attached hydrogens (tertiary/aromatic N) is 1. The molecule has 0 saturated heterocycles. The van der Waals surface area contributed by atoms with Crippen LogP contribution in [0.2, 0.25) is 0 Å². The van der Waals surface area contributed by atoms with E-state index in [-0.39, 0.29) is 23.0 Å². The van der Waals surface area contributed by atoms with Crippen LogP contribution in [0.25, 0.3) is 0 Å². The number of aromatic carboxylic acids is 2. The molecule has 0 bridgehead atoms. The van der Waals surface area contributed by atoms with Gasteiger partial charge in [-0.15, -0.1) is 0 Å². The molecule has 0 amide bonds. The standard InChI is InChI=1S/C19H15BrFNO5/c20-15-6-4-11(8-16(15)21)17-9-13(27-22-17)5-3-10-1-2-12(18(23)24)7-14(10)19(25)26/h1-2,4,6-8,13H,3,5,9H2,(H,23,24)(H,25,26). The molecular formula is C19H15BrFNO5. The Morgan fingerprint density at radius 1 is 1.19 bits per heavy atom. The van der Waals surface area contributed by atoms with Crippen LogP contribution in [0.3, 0.4) is 0 Å². The highest BCUT2D eigenvalue weighted by Gasteiger charge is 2.23. The lowest BCUT2D eigenvalue weighted by atomic mass is 9.96.